The van der Waals surface area contributed by atoms with Crippen LogP contribution in [0, 0.1) is 0 Å². The van der Waals surface area contributed by atoms with Crippen LogP contribution < -0.4 is 5.73 Å². The minimum atomic E-state index is 0.404. The molecule has 0 radical (unpaired) electrons. The average molecular weight is 186 g/mol. The van der Waals surface area contributed by atoms with Crippen molar-refractivity contribution in [3.63, 3.8) is 0 Å². The van der Waals surface area contributed by atoms with Crippen LogP contribution in [0.1, 0.15) is 26.2 Å². The molecule has 0 saturated carbocycles. The molecule has 0 aromatic rings. The average Bonchev–Trinajstić information content (AvgIpc) is 2.13. The fraction of sp³-hybridized carbons (Fsp3) is 1.00. The Morgan fingerprint density at radius 2 is 2.38 bits per heavy atom. The van der Waals surface area contributed by atoms with E-state index in [4.69, 9.17) is 10.5 Å². The van der Waals surface area contributed by atoms with Gasteiger partial charge < -0.3 is 15.4 Å². The van der Waals surface area contributed by atoms with Crippen molar-refractivity contribution < 1.29 is 4.74 Å². The second-order valence-electron chi connectivity index (χ2n) is 3.75. The molecule has 1 heterocycles. The number of nitrogens with two attached hydrogens (primary N) is 1. The highest BCUT2D eigenvalue weighted by molar-refractivity contribution is 4.74. The fourth-order valence-electron chi connectivity index (χ4n) is 1.83. The summed E-state index contributed by atoms with van der Waals surface area (Å²) in [5.74, 6) is 0. The van der Waals surface area contributed by atoms with Gasteiger partial charge in [0.2, 0.25) is 0 Å². The van der Waals surface area contributed by atoms with E-state index < -0.39 is 0 Å². The second-order valence-corrected chi connectivity index (χ2v) is 3.75. The third-order valence-corrected chi connectivity index (χ3v) is 2.51. The van der Waals surface area contributed by atoms with Crippen LogP contribution in [0.2, 0.25) is 0 Å². The summed E-state index contributed by atoms with van der Waals surface area (Å²) >= 11 is 0. The molecule has 3 heteroatoms. The van der Waals surface area contributed by atoms with Crippen LogP contribution in [0.25, 0.3) is 0 Å². The molecule has 78 valence electrons. The monoisotopic (exact) mass is 186 g/mol. The Hall–Kier alpha value is -0.120. The molecular formula is C10H22N2O. The van der Waals surface area contributed by atoms with Crippen LogP contribution in [0.4, 0.5) is 0 Å². The molecule has 0 amide bonds. The summed E-state index contributed by atoms with van der Waals surface area (Å²) in [4.78, 5) is 2.45. The summed E-state index contributed by atoms with van der Waals surface area (Å²) in [7, 11) is 0. The molecule has 1 aliphatic rings. The summed E-state index contributed by atoms with van der Waals surface area (Å²) in [6.07, 6.45) is 3.60. The summed E-state index contributed by atoms with van der Waals surface area (Å²) in [6.45, 7) is 7.21. The van der Waals surface area contributed by atoms with Gasteiger partial charge in [-0.25, -0.2) is 0 Å². The smallest absolute Gasteiger partial charge is 0.0478 e. The minimum Gasteiger partial charge on any atom is -0.382 e. The highest BCUT2D eigenvalue weighted by atomic mass is 16.5. The Bertz CT molecular complexity index is 130. The summed E-state index contributed by atoms with van der Waals surface area (Å²) < 4.78 is 5.29. The molecule has 1 atom stereocenters. The fourth-order valence-corrected chi connectivity index (χ4v) is 1.83. The van der Waals surface area contributed by atoms with E-state index in [9.17, 15) is 0 Å². The number of likely N-dealkylation sites (tertiary alicyclic amines) is 1. The minimum absolute atomic E-state index is 0.404. The van der Waals surface area contributed by atoms with Crippen LogP contribution in [0.5, 0.6) is 0 Å². The topological polar surface area (TPSA) is 38.5 Å². The zero-order valence-corrected chi connectivity index (χ0v) is 8.67. The molecule has 0 spiro atoms. The van der Waals surface area contributed by atoms with Crippen molar-refractivity contribution in [3.8, 4) is 0 Å². The molecule has 2 N–H and O–H groups in total. The molecule has 13 heavy (non-hydrogen) atoms. The van der Waals surface area contributed by atoms with Gasteiger partial charge in [0.05, 0.1) is 0 Å². The van der Waals surface area contributed by atoms with E-state index in [2.05, 4.69) is 4.90 Å². The third kappa shape index (κ3) is 4.60. The molecule has 0 unspecified atom stereocenters. The number of hydrogen-bond acceptors (Lipinski definition) is 3. The number of rotatable bonds is 5. The summed E-state index contributed by atoms with van der Waals surface area (Å²) in [6, 6.07) is 0.404. The maximum Gasteiger partial charge on any atom is 0.0478 e. The number of ether oxygens (including phenoxy) is 1. The molecule has 1 fully saturated rings. The van der Waals surface area contributed by atoms with Gasteiger partial charge in [0, 0.05) is 32.3 Å². The van der Waals surface area contributed by atoms with E-state index in [-0.39, 0.29) is 0 Å². The lowest BCUT2D eigenvalue weighted by Crippen LogP contribution is -2.43. The van der Waals surface area contributed by atoms with Gasteiger partial charge in [-0.15, -0.1) is 0 Å². The van der Waals surface area contributed by atoms with E-state index >= 15 is 0 Å². The van der Waals surface area contributed by atoms with E-state index in [1.54, 1.807) is 0 Å². The first-order valence-electron chi connectivity index (χ1n) is 5.38. The molecule has 3 nitrogen and oxygen atoms in total. The van der Waals surface area contributed by atoms with Gasteiger partial charge in [0.15, 0.2) is 0 Å². The lowest BCUT2D eigenvalue weighted by Gasteiger charge is -2.30. The van der Waals surface area contributed by atoms with Crippen molar-refractivity contribution in [1.29, 1.82) is 0 Å². The van der Waals surface area contributed by atoms with Crippen molar-refractivity contribution in [2.45, 2.75) is 32.2 Å². The predicted molar refractivity (Wildman–Crippen MR) is 54.8 cm³/mol. The van der Waals surface area contributed by atoms with E-state index in [1.165, 1.54) is 19.4 Å². The molecule has 1 saturated heterocycles. The summed E-state index contributed by atoms with van der Waals surface area (Å²) in [5, 5.41) is 0. The number of nitrogens with zero attached hydrogens (tertiary/aromatic N) is 1. The van der Waals surface area contributed by atoms with Crippen molar-refractivity contribution in [2.75, 3.05) is 32.8 Å². The van der Waals surface area contributed by atoms with Crippen LogP contribution >= 0.6 is 0 Å². The van der Waals surface area contributed by atoms with Crippen LogP contribution in [0.3, 0.4) is 0 Å². The van der Waals surface area contributed by atoms with Gasteiger partial charge in [0.25, 0.3) is 0 Å². The normalized spacial score (nSPS) is 24.9. The van der Waals surface area contributed by atoms with Gasteiger partial charge in [-0.3, -0.25) is 0 Å². The SMILES string of the molecule is CCOCCCN1CCC[C@@H](N)C1. The Balaban J connectivity index is 2.00. The number of piperidine rings is 1. The molecule has 0 aliphatic carbocycles. The van der Waals surface area contributed by atoms with E-state index in [0.717, 1.165) is 32.7 Å². The Labute approximate surface area is 81.2 Å². The first-order chi connectivity index (χ1) is 6.33. The van der Waals surface area contributed by atoms with Gasteiger partial charge in [-0.05, 0) is 32.7 Å². The van der Waals surface area contributed by atoms with Gasteiger partial charge >= 0.3 is 0 Å². The van der Waals surface area contributed by atoms with Crippen LogP contribution in [0.15, 0.2) is 0 Å². The molecule has 1 rings (SSSR count). The molecule has 0 aromatic heterocycles. The van der Waals surface area contributed by atoms with Crippen molar-refractivity contribution in [3.05, 3.63) is 0 Å². The quantitative estimate of drug-likeness (QED) is 0.647. The van der Waals surface area contributed by atoms with Crippen molar-refractivity contribution in [1.82, 2.24) is 4.90 Å². The van der Waals surface area contributed by atoms with Crippen LogP contribution in [-0.2, 0) is 4.74 Å². The van der Waals surface area contributed by atoms with Gasteiger partial charge in [-0.2, -0.15) is 0 Å². The van der Waals surface area contributed by atoms with E-state index in [0.29, 0.717) is 6.04 Å². The van der Waals surface area contributed by atoms with Gasteiger partial charge in [0.1, 0.15) is 0 Å². The Kier molecular flexibility index (Phi) is 5.35. The van der Waals surface area contributed by atoms with Crippen LogP contribution in [-0.4, -0.2) is 43.8 Å². The highest BCUT2D eigenvalue weighted by Crippen LogP contribution is 2.08. The summed E-state index contributed by atoms with van der Waals surface area (Å²) in [5.41, 5.74) is 5.88. The highest BCUT2D eigenvalue weighted by Gasteiger charge is 2.15. The third-order valence-electron chi connectivity index (χ3n) is 2.51. The standard InChI is InChI=1S/C10H22N2O/c1-2-13-8-4-7-12-6-3-5-10(11)9-12/h10H,2-9,11H2,1H3/t10-/m1/s1. The zero-order valence-electron chi connectivity index (χ0n) is 8.67. The van der Waals surface area contributed by atoms with Crippen molar-refractivity contribution >= 4 is 0 Å². The first kappa shape index (κ1) is 11.0. The van der Waals surface area contributed by atoms with Crippen molar-refractivity contribution in [2.24, 2.45) is 5.73 Å². The molecule has 0 bridgehead atoms. The zero-order chi connectivity index (χ0) is 9.52. The van der Waals surface area contributed by atoms with Gasteiger partial charge in [-0.1, -0.05) is 0 Å². The Morgan fingerprint density at radius 1 is 1.54 bits per heavy atom. The molecule has 0 aromatic carbocycles. The molecular weight excluding hydrogens is 164 g/mol. The predicted octanol–water partition coefficient (Wildman–Crippen LogP) is 0.836. The van der Waals surface area contributed by atoms with E-state index in [1.807, 2.05) is 6.92 Å². The lowest BCUT2D eigenvalue weighted by atomic mass is 10.1. The first-order valence-corrected chi connectivity index (χ1v) is 5.38. The maximum absolute atomic E-state index is 5.88. The lowest BCUT2D eigenvalue weighted by molar-refractivity contribution is 0.124. The molecule has 1 aliphatic heterocycles. The second kappa shape index (κ2) is 6.35. The Morgan fingerprint density at radius 3 is 3.08 bits per heavy atom. The largest absolute Gasteiger partial charge is 0.382 e. The maximum atomic E-state index is 5.88. The number of hydrogen-bond donors (Lipinski definition) is 1.